The van der Waals surface area contributed by atoms with Crippen LogP contribution >= 0.6 is 11.6 Å². The molecule has 0 aliphatic rings. The highest BCUT2D eigenvalue weighted by atomic mass is 35.5. The van der Waals surface area contributed by atoms with Gasteiger partial charge >= 0.3 is 18.5 Å². The third-order valence-electron chi connectivity index (χ3n) is 4.20. The van der Waals surface area contributed by atoms with Crippen LogP contribution in [0.1, 0.15) is 21.5 Å². The molecule has 0 aliphatic carbocycles. The van der Waals surface area contributed by atoms with E-state index >= 15 is 0 Å². The van der Waals surface area contributed by atoms with Crippen molar-refractivity contribution in [3.8, 4) is 5.88 Å². The van der Waals surface area contributed by atoms with Crippen LogP contribution in [0.5, 0.6) is 5.88 Å². The quantitative estimate of drug-likeness (QED) is 0.319. The van der Waals surface area contributed by atoms with Crippen LogP contribution in [0.25, 0.3) is 5.57 Å². The molecule has 1 atom stereocenters. The molecule has 0 bridgehead atoms. The number of anilines is 1. The summed E-state index contributed by atoms with van der Waals surface area (Å²) in [5, 5.41) is 12.4. The van der Waals surface area contributed by atoms with Crippen molar-refractivity contribution in [1.82, 2.24) is 9.78 Å². The zero-order valence-electron chi connectivity index (χ0n) is 17.0. The first kappa shape index (κ1) is 27.8. The van der Waals surface area contributed by atoms with Crippen molar-refractivity contribution in [2.45, 2.75) is 24.6 Å². The molecule has 35 heavy (non-hydrogen) atoms. The Morgan fingerprint density at radius 1 is 1.23 bits per heavy atom. The van der Waals surface area contributed by atoms with E-state index in [0.29, 0.717) is 10.9 Å². The number of nitrogens with one attached hydrogen (secondary N) is 2. The van der Waals surface area contributed by atoms with Crippen molar-refractivity contribution in [2.75, 3.05) is 5.32 Å². The second-order valence-electron chi connectivity index (χ2n) is 6.67. The van der Waals surface area contributed by atoms with Gasteiger partial charge in [-0.1, -0.05) is 17.7 Å². The van der Waals surface area contributed by atoms with E-state index in [0.717, 1.165) is 19.3 Å². The Labute approximate surface area is 194 Å². The lowest BCUT2D eigenvalue weighted by atomic mass is 10.0. The normalized spacial score (nSPS) is 14.0. The van der Waals surface area contributed by atoms with E-state index < -0.39 is 47.8 Å². The summed E-state index contributed by atoms with van der Waals surface area (Å²) in [6, 6.07) is 3.60. The fourth-order valence-corrected chi connectivity index (χ4v) is 2.82. The van der Waals surface area contributed by atoms with Gasteiger partial charge in [0, 0.05) is 25.0 Å². The number of carbonyl (C=O) groups is 1. The molecule has 0 saturated carbocycles. The number of benzene rings is 1. The first-order valence-corrected chi connectivity index (χ1v) is 9.26. The number of rotatable bonds is 8. The number of nitrogens with zero attached hydrogens (tertiary/aromatic N) is 2. The zero-order valence-corrected chi connectivity index (χ0v) is 17.8. The van der Waals surface area contributed by atoms with E-state index in [1.807, 2.05) is 5.32 Å². The van der Waals surface area contributed by atoms with Crippen LogP contribution in [-0.4, -0.2) is 40.4 Å². The van der Waals surface area contributed by atoms with Crippen LogP contribution in [0.15, 0.2) is 24.4 Å². The predicted molar refractivity (Wildman–Crippen MR) is 105 cm³/mol. The van der Waals surface area contributed by atoms with Crippen LogP contribution < -0.4 is 15.8 Å². The largest absolute Gasteiger partial charge is 0.440 e. The van der Waals surface area contributed by atoms with Gasteiger partial charge in [-0.25, -0.2) is 9.07 Å². The third kappa shape index (κ3) is 6.17. The summed E-state index contributed by atoms with van der Waals surface area (Å²) in [5.74, 6) is -4.09. The Morgan fingerprint density at radius 2 is 1.83 bits per heavy atom. The summed E-state index contributed by atoms with van der Waals surface area (Å²) in [6.45, 7) is 0. The summed E-state index contributed by atoms with van der Waals surface area (Å²) in [5.41, 5.74) is 2.78. The predicted octanol–water partition coefficient (Wildman–Crippen LogP) is 5.17. The Bertz CT molecular complexity index is 1160. The highest BCUT2D eigenvalue weighted by Crippen LogP contribution is 2.44. The number of halogens is 10. The van der Waals surface area contributed by atoms with E-state index in [9.17, 15) is 44.3 Å². The lowest BCUT2D eigenvalue weighted by Gasteiger charge is -2.22. The lowest BCUT2D eigenvalue weighted by Crippen LogP contribution is -2.46. The van der Waals surface area contributed by atoms with Gasteiger partial charge in [-0.05, 0) is 17.7 Å². The Kier molecular flexibility index (Phi) is 7.69. The smallest absolute Gasteiger partial charge is 0.410 e. The molecular formula is C18H13ClF9N5O2. The van der Waals surface area contributed by atoms with Gasteiger partial charge in [0.25, 0.3) is 12.1 Å². The Hall–Kier alpha value is -3.43. The van der Waals surface area contributed by atoms with Gasteiger partial charge < -0.3 is 21.2 Å². The van der Waals surface area contributed by atoms with E-state index in [1.165, 1.54) is 12.1 Å². The summed E-state index contributed by atoms with van der Waals surface area (Å²) in [4.78, 5) is 11.4. The molecule has 17 heteroatoms. The summed E-state index contributed by atoms with van der Waals surface area (Å²) in [7, 11) is 0.796. The van der Waals surface area contributed by atoms with Crippen molar-refractivity contribution in [3.05, 3.63) is 46.1 Å². The molecule has 1 amide bonds. The molecule has 1 unspecified atom stereocenters. The molecule has 0 aliphatic heterocycles. The molecule has 2 aromatic rings. The van der Waals surface area contributed by atoms with Gasteiger partial charge in [0.05, 0.1) is 10.6 Å². The number of allylic oxidation sites excluding steroid dienone is 1. The summed E-state index contributed by atoms with van der Waals surface area (Å²) < 4.78 is 122. The average Bonchev–Trinajstić information content (AvgIpc) is 3.02. The third-order valence-corrected chi connectivity index (χ3v) is 4.53. The molecule has 0 radical (unpaired) electrons. The molecular weight excluding hydrogens is 525 g/mol. The van der Waals surface area contributed by atoms with E-state index in [1.54, 1.807) is 0 Å². The van der Waals surface area contributed by atoms with Crippen molar-refractivity contribution in [2.24, 2.45) is 12.8 Å². The number of hydrogen-bond donors (Lipinski definition) is 3. The van der Waals surface area contributed by atoms with E-state index in [-0.39, 0.29) is 21.7 Å². The maximum atomic E-state index is 13.6. The molecule has 0 spiro atoms. The number of ether oxygens (including phenoxy) is 1. The van der Waals surface area contributed by atoms with Gasteiger partial charge in [-0.3, -0.25) is 4.79 Å². The molecule has 0 saturated heterocycles. The first-order chi connectivity index (χ1) is 15.9. The van der Waals surface area contributed by atoms with Gasteiger partial charge in [-0.15, -0.1) is 5.10 Å². The van der Waals surface area contributed by atoms with E-state index in [4.69, 9.17) is 22.7 Å². The molecule has 1 aromatic carbocycles. The summed E-state index contributed by atoms with van der Waals surface area (Å²) in [6.07, 6.45) is -20.9. The lowest BCUT2D eigenvalue weighted by molar-refractivity contribution is -0.306. The molecule has 192 valence electrons. The SMILES string of the molecule is Cn1nc(OC(F)(F)C(F)C(F)(F)F)c(C(F)(F)F)c1N/C=C(\C=N)c1ccc(Cl)c(C(N)=O)c1. The van der Waals surface area contributed by atoms with Gasteiger partial charge in [0.1, 0.15) is 5.82 Å². The number of alkyl halides is 9. The van der Waals surface area contributed by atoms with Crippen LogP contribution in [0.2, 0.25) is 5.02 Å². The Balaban J connectivity index is 2.53. The fraction of sp³-hybridized carbons (Fsp3) is 0.278. The van der Waals surface area contributed by atoms with E-state index in [2.05, 4.69) is 9.84 Å². The van der Waals surface area contributed by atoms with Crippen molar-refractivity contribution in [1.29, 1.82) is 5.41 Å². The number of hydrogen-bond acceptors (Lipinski definition) is 5. The maximum Gasteiger partial charge on any atom is 0.440 e. The Morgan fingerprint density at radius 3 is 2.31 bits per heavy atom. The fourth-order valence-electron chi connectivity index (χ4n) is 2.61. The molecule has 4 N–H and O–H groups in total. The monoisotopic (exact) mass is 537 g/mol. The number of carbonyl (C=O) groups excluding carboxylic acids is 1. The first-order valence-electron chi connectivity index (χ1n) is 8.88. The topological polar surface area (TPSA) is 106 Å². The minimum Gasteiger partial charge on any atom is -0.410 e. The van der Waals surface area contributed by atoms with Crippen molar-refractivity contribution in [3.63, 3.8) is 0 Å². The second-order valence-corrected chi connectivity index (χ2v) is 7.07. The molecule has 2 rings (SSSR count). The molecule has 0 fully saturated rings. The van der Waals surface area contributed by atoms with Crippen LogP contribution in [0.4, 0.5) is 45.3 Å². The minimum absolute atomic E-state index is 0.0581. The number of aryl methyl sites for hydroxylation is 1. The number of amides is 1. The van der Waals surface area contributed by atoms with Gasteiger partial charge in [-0.2, -0.15) is 35.1 Å². The summed E-state index contributed by atoms with van der Waals surface area (Å²) >= 11 is 5.81. The van der Waals surface area contributed by atoms with Gasteiger partial charge in [0.2, 0.25) is 5.91 Å². The molecule has 1 heterocycles. The minimum atomic E-state index is -6.14. The average molecular weight is 538 g/mol. The van der Waals surface area contributed by atoms with Crippen LogP contribution in [0.3, 0.4) is 0 Å². The van der Waals surface area contributed by atoms with Crippen LogP contribution in [-0.2, 0) is 13.2 Å². The molecule has 7 nitrogen and oxygen atoms in total. The number of primary amides is 1. The highest BCUT2D eigenvalue weighted by molar-refractivity contribution is 6.34. The van der Waals surface area contributed by atoms with Gasteiger partial charge in [0.15, 0.2) is 5.56 Å². The highest BCUT2D eigenvalue weighted by Gasteiger charge is 2.60. The zero-order chi connectivity index (χ0) is 26.9. The standard InChI is InChI=1S/C18H13ClF9N5O2/c1-33-13(31-6-8(5-29)7-2-3-10(19)9(4-7)12(30)34)11(16(21,22)23)14(32-33)35-18(27,28)15(20)17(24,25)26/h2-6,15,29,31H,1H3,(H2,30,34)/b8-6+,29-5?. The number of nitrogens with two attached hydrogens (primary N) is 1. The maximum absolute atomic E-state index is 13.6. The van der Waals surface area contributed by atoms with Crippen LogP contribution in [0, 0.1) is 5.41 Å². The number of aromatic nitrogens is 2. The second kappa shape index (κ2) is 9.67. The molecule has 1 aromatic heterocycles. The van der Waals surface area contributed by atoms with Crippen molar-refractivity contribution < 1.29 is 49.0 Å². The van der Waals surface area contributed by atoms with Crippen molar-refractivity contribution >= 4 is 35.1 Å².